The Bertz CT molecular complexity index is 477. The van der Waals surface area contributed by atoms with Crippen molar-refractivity contribution in [1.29, 1.82) is 0 Å². The highest BCUT2D eigenvalue weighted by Crippen LogP contribution is 2.31. The molecule has 0 amide bonds. The van der Waals surface area contributed by atoms with E-state index in [0.29, 0.717) is 6.10 Å². The summed E-state index contributed by atoms with van der Waals surface area (Å²) in [5, 5.41) is 0. The first-order valence-corrected chi connectivity index (χ1v) is 10.8. The van der Waals surface area contributed by atoms with Crippen LogP contribution in [0.4, 0.5) is 0 Å². The van der Waals surface area contributed by atoms with E-state index in [9.17, 15) is 0 Å². The maximum Gasteiger partial charge on any atom is 0.138 e. The van der Waals surface area contributed by atoms with Crippen molar-refractivity contribution in [3.63, 3.8) is 0 Å². The van der Waals surface area contributed by atoms with Crippen LogP contribution < -0.4 is 4.74 Å². The zero-order chi connectivity index (χ0) is 17.9. The monoisotopic (exact) mass is 345 g/mol. The highest BCUT2D eigenvalue weighted by Gasteiger charge is 2.22. The summed E-state index contributed by atoms with van der Waals surface area (Å²) in [5.41, 5.74) is 2.55. The fourth-order valence-electron chi connectivity index (χ4n) is 4.02. The Morgan fingerprint density at radius 2 is 1.68 bits per heavy atom. The number of ether oxygens (including phenoxy) is 1. The predicted octanol–water partition coefficient (Wildman–Crippen LogP) is 7.03. The summed E-state index contributed by atoms with van der Waals surface area (Å²) in [6, 6.07) is 2.21. The van der Waals surface area contributed by atoms with E-state index in [1.807, 2.05) is 6.20 Å². The van der Waals surface area contributed by atoms with Crippen molar-refractivity contribution in [2.75, 3.05) is 0 Å². The molecule has 0 aromatic carbocycles. The van der Waals surface area contributed by atoms with Crippen molar-refractivity contribution in [1.82, 2.24) is 4.98 Å². The molecule has 1 aliphatic carbocycles. The SMILES string of the molecule is CCCCCCCc1ncc(O[C@H]2CC[C@H](CCCC)CC2)cc1C. The van der Waals surface area contributed by atoms with Crippen LogP contribution >= 0.6 is 0 Å². The molecule has 0 N–H and O–H groups in total. The second-order valence-corrected chi connectivity index (χ2v) is 8.00. The van der Waals surface area contributed by atoms with E-state index in [-0.39, 0.29) is 0 Å². The minimum atomic E-state index is 0.402. The van der Waals surface area contributed by atoms with Crippen LogP contribution in [-0.4, -0.2) is 11.1 Å². The van der Waals surface area contributed by atoms with Crippen LogP contribution in [0, 0.1) is 12.8 Å². The molecule has 1 aromatic heterocycles. The molecule has 0 unspecified atom stereocenters. The Balaban J connectivity index is 1.73. The van der Waals surface area contributed by atoms with Crippen molar-refractivity contribution >= 4 is 0 Å². The average Bonchev–Trinajstić information content (AvgIpc) is 2.62. The number of unbranched alkanes of at least 4 members (excludes halogenated alkanes) is 5. The summed E-state index contributed by atoms with van der Waals surface area (Å²) in [5.74, 6) is 1.92. The molecular formula is C23H39NO. The average molecular weight is 346 g/mol. The molecule has 1 heterocycles. The van der Waals surface area contributed by atoms with E-state index >= 15 is 0 Å². The molecule has 1 saturated carbocycles. The predicted molar refractivity (Wildman–Crippen MR) is 107 cm³/mol. The van der Waals surface area contributed by atoms with Gasteiger partial charge in [-0.05, 0) is 63.0 Å². The van der Waals surface area contributed by atoms with E-state index in [0.717, 1.165) is 18.1 Å². The third kappa shape index (κ3) is 7.38. The van der Waals surface area contributed by atoms with Crippen LogP contribution in [0.1, 0.15) is 102 Å². The van der Waals surface area contributed by atoms with E-state index in [4.69, 9.17) is 9.72 Å². The third-order valence-corrected chi connectivity index (χ3v) is 5.74. The lowest BCUT2D eigenvalue weighted by Crippen LogP contribution is -2.24. The Labute approximate surface area is 155 Å². The third-order valence-electron chi connectivity index (χ3n) is 5.74. The molecule has 2 heteroatoms. The van der Waals surface area contributed by atoms with Gasteiger partial charge in [-0.1, -0.05) is 58.8 Å². The molecule has 2 rings (SSSR count). The second kappa shape index (κ2) is 11.5. The van der Waals surface area contributed by atoms with Crippen molar-refractivity contribution in [3.05, 3.63) is 23.5 Å². The van der Waals surface area contributed by atoms with E-state index < -0.39 is 0 Å². The number of aromatic nitrogens is 1. The van der Waals surface area contributed by atoms with Crippen LogP contribution in [0.15, 0.2) is 12.3 Å². The van der Waals surface area contributed by atoms with Crippen molar-refractivity contribution in [2.45, 2.75) is 110 Å². The van der Waals surface area contributed by atoms with Gasteiger partial charge in [-0.25, -0.2) is 0 Å². The van der Waals surface area contributed by atoms with Crippen molar-refractivity contribution < 1.29 is 4.74 Å². The number of aryl methyl sites for hydroxylation is 2. The minimum absolute atomic E-state index is 0.402. The molecule has 0 spiro atoms. The molecular weight excluding hydrogens is 306 g/mol. The van der Waals surface area contributed by atoms with Gasteiger partial charge >= 0.3 is 0 Å². The van der Waals surface area contributed by atoms with Crippen LogP contribution in [-0.2, 0) is 6.42 Å². The number of nitrogens with zero attached hydrogens (tertiary/aromatic N) is 1. The lowest BCUT2D eigenvalue weighted by Gasteiger charge is -2.29. The summed E-state index contributed by atoms with van der Waals surface area (Å²) in [7, 11) is 0. The number of hydrogen-bond donors (Lipinski definition) is 0. The largest absolute Gasteiger partial charge is 0.489 e. The number of rotatable bonds is 11. The Morgan fingerprint density at radius 3 is 2.36 bits per heavy atom. The molecule has 142 valence electrons. The van der Waals surface area contributed by atoms with Gasteiger partial charge in [0.05, 0.1) is 12.3 Å². The zero-order valence-electron chi connectivity index (χ0n) is 16.9. The molecule has 1 aromatic rings. The first kappa shape index (κ1) is 20.3. The zero-order valence-corrected chi connectivity index (χ0v) is 16.9. The molecule has 2 nitrogen and oxygen atoms in total. The second-order valence-electron chi connectivity index (χ2n) is 8.00. The molecule has 25 heavy (non-hydrogen) atoms. The van der Waals surface area contributed by atoms with Crippen LogP contribution in [0.25, 0.3) is 0 Å². The summed E-state index contributed by atoms with van der Waals surface area (Å²) >= 11 is 0. The van der Waals surface area contributed by atoms with Crippen LogP contribution in [0.3, 0.4) is 0 Å². The van der Waals surface area contributed by atoms with Crippen molar-refractivity contribution in [3.8, 4) is 5.75 Å². The topological polar surface area (TPSA) is 22.1 Å². The molecule has 1 aliphatic rings. The van der Waals surface area contributed by atoms with E-state index in [2.05, 4.69) is 26.8 Å². The van der Waals surface area contributed by atoms with Gasteiger partial charge in [-0.3, -0.25) is 4.98 Å². The van der Waals surface area contributed by atoms with Gasteiger partial charge in [0.1, 0.15) is 5.75 Å². The quantitative estimate of drug-likeness (QED) is 0.402. The highest BCUT2D eigenvalue weighted by atomic mass is 16.5. The van der Waals surface area contributed by atoms with Gasteiger partial charge in [0.2, 0.25) is 0 Å². The highest BCUT2D eigenvalue weighted by molar-refractivity contribution is 5.28. The van der Waals surface area contributed by atoms with E-state index in [1.54, 1.807) is 0 Å². The Hall–Kier alpha value is -1.05. The van der Waals surface area contributed by atoms with Gasteiger partial charge in [0.25, 0.3) is 0 Å². The number of pyridine rings is 1. The summed E-state index contributed by atoms with van der Waals surface area (Å²) in [4.78, 5) is 4.69. The van der Waals surface area contributed by atoms with Gasteiger partial charge < -0.3 is 4.74 Å². The first-order chi connectivity index (χ1) is 12.2. The first-order valence-electron chi connectivity index (χ1n) is 10.8. The van der Waals surface area contributed by atoms with Crippen LogP contribution in [0.5, 0.6) is 5.75 Å². The van der Waals surface area contributed by atoms with Gasteiger partial charge in [0, 0.05) is 5.69 Å². The lowest BCUT2D eigenvalue weighted by molar-refractivity contribution is 0.127. The van der Waals surface area contributed by atoms with E-state index in [1.165, 1.54) is 88.3 Å². The number of hydrogen-bond acceptors (Lipinski definition) is 2. The standard InChI is InChI=1S/C23H39NO/c1-4-6-8-9-10-12-23-19(3)17-22(18-24-23)25-21-15-13-20(14-16-21)11-7-5-2/h17-18,20-21H,4-16H2,1-3H3/t20-,21-. The van der Waals surface area contributed by atoms with Crippen LogP contribution in [0.2, 0.25) is 0 Å². The maximum atomic E-state index is 6.24. The minimum Gasteiger partial charge on any atom is -0.489 e. The van der Waals surface area contributed by atoms with Crippen molar-refractivity contribution in [2.24, 2.45) is 5.92 Å². The summed E-state index contributed by atoms with van der Waals surface area (Å²) in [6.07, 6.45) is 19.3. The fourth-order valence-corrected chi connectivity index (χ4v) is 4.02. The molecule has 1 fully saturated rings. The molecule has 0 saturated heterocycles. The fraction of sp³-hybridized carbons (Fsp3) is 0.783. The van der Waals surface area contributed by atoms with Gasteiger partial charge in [-0.2, -0.15) is 0 Å². The normalized spacial score (nSPS) is 20.6. The summed E-state index contributed by atoms with van der Waals surface area (Å²) < 4.78 is 6.24. The molecule has 0 bridgehead atoms. The molecule has 0 aliphatic heterocycles. The smallest absolute Gasteiger partial charge is 0.138 e. The Morgan fingerprint density at radius 1 is 0.960 bits per heavy atom. The lowest BCUT2D eigenvalue weighted by atomic mass is 9.84. The van der Waals surface area contributed by atoms with Gasteiger partial charge in [-0.15, -0.1) is 0 Å². The Kier molecular flexibility index (Phi) is 9.36. The van der Waals surface area contributed by atoms with Gasteiger partial charge in [0.15, 0.2) is 0 Å². The maximum absolute atomic E-state index is 6.24. The summed E-state index contributed by atoms with van der Waals surface area (Å²) in [6.45, 7) is 6.74. The molecule has 0 atom stereocenters. The molecule has 0 radical (unpaired) electrons.